The van der Waals surface area contributed by atoms with Gasteiger partial charge in [-0.3, -0.25) is 14.5 Å². The minimum Gasteiger partial charge on any atom is -0.463 e. The lowest BCUT2D eigenvalue weighted by Gasteiger charge is -2.22. The van der Waals surface area contributed by atoms with Crippen LogP contribution in [0.25, 0.3) is 0 Å². The van der Waals surface area contributed by atoms with Crippen LogP contribution in [0.5, 0.6) is 0 Å². The molecule has 0 radical (unpaired) electrons. The molecular formula is C31H51N5O17. The highest BCUT2D eigenvalue weighted by Gasteiger charge is 2.33. The molecule has 1 saturated heterocycles. The summed E-state index contributed by atoms with van der Waals surface area (Å²) in [6.07, 6.45) is -0.702. The third-order valence-corrected chi connectivity index (χ3v) is 6.22. The van der Waals surface area contributed by atoms with Crippen molar-refractivity contribution in [2.24, 2.45) is 0 Å². The van der Waals surface area contributed by atoms with Crippen molar-refractivity contribution in [3.8, 4) is 0 Å². The molecule has 0 unspecified atom stereocenters. The smallest absolute Gasteiger partial charge is 0.407 e. The molecule has 53 heavy (non-hydrogen) atoms. The first-order valence-electron chi connectivity index (χ1n) is 17.1. The van der Waals surface area contributed by atoms with Gasteiger partial charge in [0.25, 0.3) is 11.8 Å². The molecule has 0 aromatic rings. The molecule has 1 rings (SSSR count). The molecule has 0 aliphatic carbocycles. The number of ether oxygens (including phenoxy) is 8. The first kappa shape index (κ1) is 46.2. The number of imide groups is 1. The topological polar surface area (TPSA) is 262 Å². The number of rotatable bonds is 29. The number of amides is 5. The molecule has 0 bridgehead atoms. The van der Waals surface area contributed by atoms with Crippen LogP contribution in [0, 0.1) is 0 Å². The zero-order valence-corrected chi connectivity index (χ0v) is 30.2. The summed E-state index contributed by atoms with van der Waals surface area (Å²) < 4.78 is 40.4. The number of hydrogen-bond donors (Lipinski definition) is 3. The van der Waals surface area contributed by atoms with Crippen LogP contribution in [0.15, 0.2) is 0 Å². The second-order valence-corrected chi connectivity index (χ2v) is 10.7. The maximum atomic E-state index is 12.5. The van der Waals surface area contributed by atoms with Crippen LogP contribution in [-0.2, 0) is 66.7 Å². The van der Waals surface area contributed by atoms with Gasteiger partial charge in [0.05, 0.1) is 52.7 Å². The lowest BCUT2D eigenvalue weighted by molar-refractivity contribution is -0.198. The standard InChI is InChI=1S/C31H51N5O17/c1-3-12-50-29(42)32-7-14-45-19-20-46-15-8-33-31(44)52-18-11-35(21-26(39)53-36-24(37)5-6-25(36)38)10-17-49-28(41)23-47-22-27(40)48-16-9-34-30(43)51-13-4-2/h3-23H2,1-2H3,(H,32,42)(H,33,44)(H,34,43). The molecule has 1 heterocycles. The number of carbonyl (C=O) groups excluding carboxylic acids is 8. The van der Waals surface area contributed by atoms with Crippen molar-refractivity contribution in [2.75, 3.05) is 112 Å². The molecule has 1 aliphatic rings. The Balaban J connectivity index is 2.32. The quantitative estimate of drug-likeness (QED) is 0.0358. The third kappa shape index (κ3) is 24.9. The third-order valence-electron chi connectivity index (χ3n) is 6.22. The average Bonchev–Trinajstić information content (AvgIpc) is 3.44. The Bertz CT molecular complexity index is 1140. The van der Waals surface area contributed by atoms with Gasteiger partial charge in [-0.25, -0.2) is 28.8 Å². The van der Waals surface area contributed by atoms with E-state index in [1.165, 1.54) is 4.90 Å². The summed E-state index contributed by atoms with van der Waals surface area (Å²) in [6.45, 7) is 3.42. The van der Waals surface area contributed by atoms with Gasteiger partial charge < -0.3 is 58.7 Å². The first-order chi connectivity index (χ1) is 25.5. The Morgan fingerprint density at radius 2 is 0.981 bits per heavy atom. The highest BCUT2D eigenvalue weighted by molar-refractivity contribution is 6.01. The van der Waals surface area contributed by atoms with Crippen molar-refractivity contribution in [1.82, 2.24) is 25.9 Å². The molecule has 302 valence electrons. The zero-order chi connectivity index (χ0) is 39.1. The summed E-state index contributed by atoms with van der Waals surface area (Å²) >= 11 is 0. The van der Waals surface area contributed by atoms with Crippen molar-refractivity contribution in [1.29, 1.82) is 0 Å². The summed E-state index contributed by atoms with van der Waals surface area (Å²) in [5.41, 5.74) is 0. The van der Waals surface area contributed by atoms with E-state index in [0.29, 0.717) is 18.1 Å². The summed E-state index contributed by atoms with van der Waals surface area (Å²) in [6, 6.07) is 0. The number of nitrogens with zero attached hydrogens (tertiary/aromatic N) is 2. The van der Waals surface area contributed by atoms with Crippen LogP contribution in [0.1, 0.15) is 39.5 Å². The normalized spacial score (nSPS) is 12.2. The van der Waals surface area contributed by atoms with Gasteiger partial charge in [-0.1, -0.05) is 13.8 Å². The largest absolute Gasteiger partial charge is 0.463 e. The van der Waals surface area contributed by atoms with E-state index in [0.717, 1.165) is 6.42 Å². The van der Waals surface area contributed by atoms with Crippen LogP contribution in [-0.4, -0.2) is 170 Å². The summed E-state index contributed by atoms with van der Waals surface area (Å²) in [5, 5.41) is 7.81. The summed E-state index contributed by atoms with van der Waals surface area (Å²) in [5.74, 6) is -3.89. The predicted molar refractivity (Wildman–Crippen MR) is 177 cm³/mol. The van der Waals surface area contributed by atoms with Gasteiger partial charge >= 0.3 is 36.2 Å². The Labute approximate surface area is 306 Å². The molecular weight excluding hydrogens is 714 g/mol. The molecule has 0 spiro atoms. The van der Waals surface area contributed by atoms with E-state index in [1.807, 2.05) is 13.8 Å². The second-order valence-electron chi connectivity index (χ2n) is 10.7. The van der Waals surface area contributed by atoms with E-state index in [2.05, 4.69) is 16.0 Å². The number of esters is 2. The zero-order valence-electron chi connectivity index (χ0n) is 30.2. The fourth-order valence-corrected chi connectivity index (χ4v) is 3.73. The van der Waals surface area contributed by atoms with Crippen molar-refractivity contribution < 1.29 is 81.1 Å². The molecule has 22 heteroatoms. The molecule has 0 atom stereocenters. The van der Waals surface area contributed by atoms with Crippen LogP contribution in [0.2, 0.25) is 0 Å². The molecule has 22 nitrogen and oxygen atoms in total. The van der Waals surface area contributed by atoms with Crippen molar-refractivity contribution in [2.45, 2.75) is 39.5 Å². The van der Waals surface area contributed by atoms with Crippen LogP contribution in [0.3, 0.4) is 0 Å². The number of alkyl carbamates (subject to hydrolysis) is 3. The minimum absolute atomic E-state index is 0.0218. The summed E-state index contributed by atoms with van der Waals surface area (Å²) in [7, 11) is 0. The fraction of sp³-hybridized carbons (Fsp3) is 0.742. The van der Waals surface area contributed by atoms with Crippen molar-refractivity contribution in [3.63, 3.8) is 0 Å². The van der Waals surface area contributed by atoms with E-state index in [-0.39, 0.29) is 98.4 Å². The Kier molecular flexibility index (Phi) is 25.9. The number of nitrogens with one attached hydrogen (secondary N) is 3. The maximum absolute atomic E-state index is 12.5. The Morgan fingerprint density at radius 1 is 0.547 bits per heavy atom. The molecule has 0 saturated carbocycles. The first-order valence-corrected chi connectivity index (χ1v) is 17.1. The minimum atomic E-state index is -0.953. The van der Waals surface area contributed by atoms with Gasteiger partial charge in [-0.05, 0) is 12.8 Å². The van der Waals surface area contributed by atoms with Crippen molar-refractivity contribution in [3.05, 3.63) is 0 Å². The average molecular weight is 766 g/mol. The van der Waals surface area contributed by atoms with E-state index in [1.54, 1.807) is 0 Å². The van der Waals surface area contributed by atoms with E-state index in [9.17, 15) is 38.4 Å². The molecule has 1 aliphatic heterocycles. The lowest BCUT2D eigenvalue weighted by Crippen LogP contribution is -2.41. The van der Waals surface area contributed by atoms with E-state index < -0.39 is 67.8 Å². The van der Waals surface area contributed by atoms with Crippen molar-refractivity contribution >= 4 is 48.0 Å². The fourth-order valence-electron chi connectivity index (χ4n) is 3.73. The monoisotopic (exact) mass is 765 g/mol. The molecule has 3 N–H and O–H groups in total. The molecule has 1 fully saturated rings. The van der Waals surface area contributed by atoms with E-state index >= 15 is 0 Å². The van der Waals surface area contributed by atoms with Crippen LogP contribution in [0.4, 0.5) is 14.4 Å². The van der Waals surface area contributed by atoms with Gasteiger partial charge in [0.2, 0.25) is 0 Å². The maximum Gasteiger partial charge on any atom is 0.407 e. The predicted octanol–water partition coefficient (Wildman–Crippen LogP) is -0.970. The van der Waals surface area contributed by atoms with Crippen LogP contribution >= 0.6 is 0 Å². The molecule has 0 aromatic carbocycles. The number of hydrogen-bond acceptors (Lipinski definition) is 18. The van der Waals surface area contributed by atoms with Gasteiger partial charge in [0.15, 0.2) is 0 Å². The number of hydroxylamine groups is 2. The highest BCUT2D eigenvalue weighted by atomic mass is 16.7. The van der Waals surface area contributed by atoms with Gasteiger partial charge in [0, 0.05) is 39.0 Å². The molecule has 5 amide bonds. The lowest BCUT2D eigenvalue weighted by atomic mass is 10.4. The molecule has 0 aromatic heterocycles. The van der Waals surface area contributed by atoms with E-state index in [4.69, 9.17) is 42.7 Å². The van der Waals surface area contributed by atoms with Crippen LogP contribution < -0.4 is 16.0 Å². The number of carbonyl (C=O) groups is 8. The van der Waals surface area contributed by atoms with Gasteiger partial charge in [0.1, 0.15) is 33.0 Å². The van der Waals surface area contributed by atoms with Gasteiger partial charge in [-0.15, -0.1) is 5.06 Å². The second kappa shape index (κ2) is 29.7. The SMILES string of the molecule is CCCOC(=O)NCCOCCOCCNC(=O)OCCN(CCOC(=O)COCC(=O)OCCNC(=O)OCCC)CC(=O)ON1C(=O)CCC1=O. The van der Waals surface area contributed by atoms with Gasteiger partial charge in [-0.2, -0.15) is 0 Å². The Hall–Kier alpha value is -4.80. The summed E-state index contributed by atoms with van der Waals surface area (Å²) in [4.78, 5) is 101. The Morgan fingerprint density at radius 3 is 1.47 bits per heavy atom. The highest BCUT2D eigenvalue weighted by Crippen LogP contribution is 2.12.